The van der Waals surface area contributed by atoms with Crippen LogP contribution >= 0.6 is 0 Å². The van der Waals surface area contributed by atoms with Crippen molar-refractivity contribution < 1.29 is 29.3 Å². The Labute approximate surface area is 500 Å². The summed E-state index contributed by atoms with van der Waals surface area (Å²) < 4.78 is 12.0. The fourth-order valence-electron chi connectivity index (χ4n) is 14.5. The van der Waals surface area contributed by atoms with E-state index in [2.05, 4.69) is 116 Å². The molecular formula is C71H80N8O6. The predicted molar refractivity (Wildman–Crippen MR) is 339 cm³/mol. The highest BCUT2D eigenvalue weighted by molar-refractivity contribution is 6.22. The van der Waals surface area contributed by atoms with E-state index in [1.54, 1.807) is 0 Å². The molecule has 0 radical (unpaired) electrons. The first-order chi connectivity index (χ1) is 40.6. The van der Waals surface area contributed by atoms with Crippen LogP contribution in [0.15, 0.2) is 213 Å². The third-order valence-corrected chi connectivity index (χ3v) is 19.6. The van der Waals surface area contributed by atoms with Crippen LogP contribution in [0.25, 0.3) is 0 Å². The van der Waals surface area contributed by atoms with Gasteiger partial charge in [-0.15, -0.1) is 0 Å². The molecule has 0 saturated carbocycles. The average Bonchev–Trinajstić information content (AvgIpc) is 1.70. The van der Waals surface area contributed by atoms with Crippen molar-refractivity contribution in [3.05, 3.63) is 183 Å². The van der Waals surface area contributed by atoms with Crippen LogP contribution in [0.1, 0.15) is 161 Å². The number of carbonyl (C=O) groups excluding carboxylic acids is 2. The smallest absolute Gasteiger partial charge is 0.305 e. The van der Waals surface area contributed by atoms with E-state index in [1.807, 2.05) is 27.7 Å². The standard InChI is InChI=1S/C71H80N8O6/c1-15-41-33(5)49-25-53-37(9)45(67(76-53)47-23-61(80)65-39(11)55(78-69(47)65)29-59-43(17-3)35(7)51(74-59)27-57(41)72-49)19-21-63(82)84-31-71(13,14)32-85-64(83)22-20-46-38(10)54-26-50-34(6)42(16-2)58(73-50)28-52-36(8)44(18-4)60(75-52)30-56-40(12)66-62(81)24-48(68(46)77-54)70(66)79-56/h25-30,37-38,45-46,76-77,80-81H,15-24,31-32H2,1-14H3/t37-,38-,45-,46-/m0/s1. The summed E-state index contributed by atoms with van der Waals surface area (Å²) in [6, 6.07) is 0. The molecule has 0 unspecified atom stereocenters. The van der Waals surface area contributed by atoms with Crippen LogP contribution in [-0.4, -0.2) is 69.6 Å². The average molecular weight is 1140 g/mol. The molecule has 16 bridgehead atoms. The molecule has 10 aliphatic heterocycles. The van der Waals surface area contributed by atoms with Gasteiger partial charge in [-0.05, 0) is 172 Å². The zero-order chi connectivity index (χ0) is 60.2. The summed E-state index contributed by atoms with van der Waals surface area (Å²) in [5, 5.41) is 30.9. The van der Waals surface area contributed by atoms with Gasteiger partial charge in [0.2, 0.25) is 0 Å². The fraction of sp³-hybridized carbons (Fsp3) is 0.437. The van der Waals surface area contributed by atoms with Crippen LogP contribution in [0.5, 0.6) is 0 Å². The Balaban J connectivity index is 0.738. The zero-order valence-electron chi connectivity index (χ0n) is 52.0. The molecule has 0 aromatic rings. The minimum atomic E-state index is -0.667. The molecule has 0 aromatic heterocycles. The van der Waals surface area contributed by atoms with Crippen LogP contribution in [0.4, 0.5) is 0 Å². The summed E-state index contributed by atoms with van der Waals surface area (Å²) in [6.45, 7) is 29.6. The Bertz CT molecular complexity index is 3680. The number of nitrogens with one attached hydrogen (secondary N) is 2. The van der Waals surface area contributed by atoms with Crippen molar-refractivity contribution in [3.63, 3.8) is 0 Å². The van der Waals surface area contributed by atoms with E-state index < -0.39 is 5.41 Å². The van der Waals surface area contributed by atoms with Gasteiger partial charge in [-0.3, -0.25) is 9.59 Å². The highest BCUT2D eigenvalue weighted by Gasteiger charge is 2.44. The maximum absolute atomic E-state index is 13.9. The number of aliphatic hydroxyl groups excluding tert-OH is 2. The monoisotopic (exact) mass is 1140 g/mol. The van der Waals surface area contributed by atoms with Gasteiger partial charge in [0.05, 0.1) is 81.7 Å². The molecule has 12 aliphatic rings. The molecule has 0 aromatic carbocycles. The number of hydrogen-bond acceptors (Lipinski definition) is 14. The molecule has 2 saturated heterocycles. The van der Waals surface area contributed by atoms with Gasteiger partial charge in [0.25, 0.3) is 0 Å². The van der Waals surface area contributed by atoms with Crippen molar-refractivity contribution in [1.82, 2.24) is 10.6 Å². The lowest BCUT2D eigenvalue weighted by Crippen LogP contribution is -2.29. The molecule has 2 aliphatic carbocycles. The molecule has 12 rings (SSSR count). The van der Waals surface area contributed by atoms with E-state index in [0.29, 0.717) is 37.2 Å². The lowest BCUT2D eigenvalue weighted by molar-refractivity contribution is -0.153. The maximum atomic E-state index is 13.9. The normalized spacial score (nSPS) is 25.0. The number of hydrogen-bond donors (Lipinski definition) is 4. The van der Waals surface area contributed by atoms with Crippen LogP contribution in [0, 0.1) is 29.1 Å². The molecule has 440 valence electrons. The summed E-state index contributed by atoms with van der Waals surface area (Å²) in [4.78, 5) is 59.0. The maximum Gasteiger partial charge on any atom is 0.305 e. The van der Waals surface area contributed by atoms with Gasteiger partial charge in [0, 0.05) is 99.9 Å². The topological polar surface area (TPSA) is 191 Å². The Morgan fingerprint density at radius 3 is 1.18 bits per heavy atom. The minimum Gasteiger partial charge on any atom is -0.511 e. The summed E-state index contributed by atoms with van der Waals surface area (Å²) in [6.07, 6.45) is 18.0. The number of ether oxygens (including phenoxy) is 2. The number of fused-ring (bicyclic) bond motifs is 10. The van der Waals surface area contributed by atoms with Crippen molar-refractivity contribution in [1.29, 1.82) is 0 Å². The Morgan fingerprint density at radius 2 is 0.835 bits per heavy atom. The number of carbonyl (C=O) groups is 2. The Morgan fingerprint density at radius 1 is 0.506 bits per heavy atom. The highest BCUT2D eigenvalue weighted by atomic mass is 16.5. The van der Waals surface area contributed by atoms with Gasteiger partial charge in [-0.2, -0.15) is 0 Å². The van der Waals surface area contributed by atoms with Gasteiger partial charge in [0.15, 0.2) is 0 Å². The lowest BCUT2D eigenvalue weighted by Gasteiger charge is -2.24. The van der Waals surface area contributed by atoms with Crippen LogP contribution in [-0.2, 0) is 19.1 Å². The summed E-state index contributed by atoms with van der Waals surface area (Å²) in [7, 11) is 0. The SMILES string of the molecule is CCC1=C(C)C2=NC1=CC1=C(C)C3=C(O)CC(=C4NC(=CC5=NC(=C2)C(CC)=C5C)[C@@H](C)[C@@H]4CCC(=O)OCC(C)(C)COC(=O)CC[C@@H]2C4=C5CC(O)=C6C5=NC(=C6C)C=C5N=C(C=C6N=C(C=C(N4)[C@H]2C)C(C)=C6CC)C(C)=C5CC)C3=N1. The van der Waals surface area contributed by atoms with E-state index in [9.17, 15) is 19.8 Å². The molecule has 4 N–H and O–H groups in total. The van der Waals surface area contributed by atoms with Crippen LogP contribution < -0.4 is 10.6 Å². The molecule has 0 spiro atoms. The second-order valence-corrected chi connectivity index (χ2v) is 25.5. The number of rotatable bonds is 14. The summed E-state index contributed by atoms with van der Waals surface area (Å²) in [5.41, 5.74) is 28.1. The number of nitrogens with zero attached hydrogens (tertiary/aromatic N) is 6. The van der Waals surface area contributed by atoms with E-state index in [-0.39, 0.29) is 61.7 Å². The third kappa shape index (κ3) is 9.81. The second-order valence-electron chi connectivity index (χ2n) is 25.5. The zero-order valence-corrected chi connectivity index (χ0v) is 52.0. The predicted octanol–water partition coefficient (Wildman–Crippen LogP) is 14.8. The highest BCUT2D eigenvalue weighted by Crippen LogP contribution is 2.49. The lowest BCUT2D eigenvalue weighted by atomic mass is 9.86. The molecule has 85 heavy (non-hydrogen) atoms. The van der Waals surface area contributed by atoms with Gasteiger partial charge in [-0.1, -0.05) is 55.4 Å². The number of aliphatic hydroxyl groups is 2. The van der Waals surface area contributed by atoms with Crippen LogP contribution in [0.3, 0.4) is 0 Å². The van der Waals surface area contributed by atoms with Crippen molar-refractivity contribution in [3.8, 4) is 0 Å². The van der Waals surface area contributed by atoms with Crippen molar-refractivity contribution in [2.24, 2.45) is 59.0 Å². The molecular weight excluding hydrogens is 1060 g/mol. The molecule has 0 amide bonds. The van der Waals surface area contributed by atoms with Crippen molar-refractivity contribution >= 4 is 46.2 Å². The third-order valence-electron chi connectivity index (χ3n) is 19.6. The number of esters is 2. The van der Waals surface area contributed by atoms with E-state index in [4.69, 9.17) is 39.4 Å². The van der Waals surface area contributed by atoms with E-state index >= 15 is 0 Å². The van der Waals surface area contributed by atoms with Gasteiger partial charge in [0.1, 0.15) is 11.5 Å². The van der Waals surface area contributed by atoms with Gasteiger partial charge < -0.3 is 30.3 Å². The Hall–Kier alpha value is -8.00. The Kier molecular flexibility index (Phi) is 14.7. The molecule has 4 atom stereocenters. The van der Waals surface area contributed by atoms with Crippen molar-refractivity contribution in [2.45, 2.75) is 161 Å². The minimum absolute atomic E-state index is 0.0170. The summed E-state index contributed by atoms with van der Waals surface area (Å²) in [5.74, 6) is -0.331. The quantitative estimate of drug-likeness (QED) is 0.124. The van der Waals surface area contributed by atoms with Gasteiger partial charge >= 0.3 is 11.9 Å². The van der Waals surface area contributed by atoms with Gasteiger partial charge in [-0.25, -0.2) is 30.0 Å². The molecule has 2 fully saturated rings. The molecule has 10 heterocycles. The first kappa shape index (κ1) is 57.4. The number of aliphatic imine (C=N–C) groups is 6. The van der Waals surface area contributed by atoms with Crippen LogP contribution in [0.2, 0.25) is 0 Å². The van der Waals surface area contributed by atoms with E-state index in [0.717, 1.165) is 173 Å². The fourth-order valence-corrected chi connectivity index (χ4v) is 14.5. The van der Waals surface area contributed by atoms with E-state index in [1.165, 1.54) is 22.3 Å². The molecule has 14 nitrogen and oxygen atoms in total. The first-order valence-corrected chi connectivity index (χ1v) is 30.9. The van der Waals surface area contributed by atoms with Crippen molar-refractivity contribution in [2.75, 3.05) is 13.2 Å². The summed E-state index contributed by atoms with van der Waals surface area (Å²) >= 11 is 0. The first-order valence-electron chi connectivity index (χ1n) is 30.9. The number of allylic oxidation sites excluding steroid dienone is 24. The largest absolute Gasteiger partial charge is 0.511 e. The molecule has 14 heteroatoms. The second kappa shape index (κ2) is 21.8.